The first-order chi connectivity index (χ1) is 9.13. The number of anilines is 1. The van der Waals surface area contributed by atoms with E-state index in [9.17, 15) is 9.90 Å². The molecule has 0 unspecified atom stereocenters. The number of H-pyrrole nitrogens is 1. The lowest BCUT2D eigenvalue weighted by molar-refractivity contribution is 0.102. The van der Waals surface area contributed by atoms with Gasteiger partial charge in [-0.15, -0.1) is 0 Å². The molecule has 2 aromatic rings. The molecule has 3 N–H and O–H groups in total. The quantitative estimate of drug-likeness (QED) is 0.784. The second-order valence-corrected chi connectivity index (χ2v) is 3.97. The Balaban J connectivity index is 2.13. The number of methoxy groups -OCH3 is 1. The van der Waals surface area contributed by atoms with Gasteiger partial charge in [0, 0.05) is 17.3 Å². The van der Waals surface area contributed by atoms with E-state index >= 15 is 0 Å². The van der Waals surface area contributed by atoms with Crippen LogP contribution in [0.2, 0.25) is 0 Å². The van der Waals surface area contributed by atoms with Crippen LogP contribution in [0, 0.1) is 0 Å². The van der Waals surface area contributed by atoms with E-state index in [0.717, 1.165) is 12.1 Å². The van der Waals surface area contributed by atoms with Gasteiger partial charge in [0.1, 0.15) is 0 Å². The maximum absolute atomic E-state index is 11.9. The Labute approximate surface area is 110 Å². The first kappa shape index (κ1) is 12.9. The number of aromatic amines is 1. The Bertz CT molecular complexity index is 593. The molecular weight excluding hydrogens is 246 g/mol. The number of amides is 1. The number of phenolic OH excluding ortho intramolecular Hbond substituents is 1. The highest BCUT2D eigenvalue weighted by Gasteiger charge is 2.11. The fourth-order valence-corrected chi connectivity index (χ4v) is 1.63. The summed E-state index contributed by atoms with van der Waals surface area (Å²) in [6.45, 7) is 1.99. The standard InChI is InChI=1S/C13H15N3O3/c1-3-9-7-12(16-15-9)14-13(18)8-4-5-11(19-2)10(17)6-8/h4-7,17H,3H2,1-2H3,(H2,14,15,16,18). The van der Waals surface area contributed by atoms with Crippen LogP contribution in [0.3, 0.4) is 0 Å². The molecule has 1 amide bonds. The van der Waals surface area contributed by atoms with E-state index < -0.39 is 0 Å². The second kappa shape index (κ2) is 5.43. The third kappa shape index (κ3) is 2.85. The van der Waals surface area contributed by atoms with Gasteiger partial charge in [-0.3, -0.25) is 9.89 Å². The van der Waals surface area contributed by atoms with Crippen LogP contribution in [-0.2, 0) is 6.42 Å². The summed E-state index contributed by atoms with van der Waals surface area (Å²) in [5.41, 5.74) is 1.27. The van der Waals surface area contributed by atoms with Crippen LogP contribution in [-0.4, -0.2) is 28.3 Å². The molecule has 100 valence electrons. The van der Waals surface area contributed by atoms with Crippen molar-refractivity contribution in [2.75, 3.05) is 12.4 Å². The van der Waals surface area contributed by atoms with Gasteiger partial charge in [-0.05, 0) is 24.6 Å². The number of phenols is 1. The molecule has 0 aliphatic rings. The lowest BCUT2D eigenvalue weighted by Crippen LogP contribution is -2.12. The van der Waals surface area contributed by atoms with E-state index in [0.29, 0.717) is 17.1 Å². The average Bonchev–Trinajstić information content (AvgIpc) is 2.86. The predicted molar refractivity (Wildman–Crippen MR) is 70.6 cm³/mol. The predicted octanol–water partition coefficient (Wildman–Crippen LogP) is 1.94. The molecule has 2 rings (SSSR count). The van der Waals surface area contributed by atoms with Crippen molar-refractivity contribution in [3.8, 4) is 11.5 Å². The van der Waals surface area contributed by atoms with Gasteiger partial charge >= 0.3 is 0 Å². The van der Waals surface area contributed by atoms with Crippen LogP contribution in [0.4, 0.5) is 5.82 Å². The van der Waals surface area contributed by atoms with Crippen LogP contribution in [0.5, 0.6) is 11.5 Å². The molecule has 1 aromatic heterocycles. The van der Waals surface area contributed by atoms with Gasteiger partial charge in [0.15, 0.2) is 17.3 Å². The highest BCUT2D eigenvalue weighted by Crippen LogP contribution is 2.26. The van der Waals surface area contributed by atoms with Crippen molar-refractivity contribution in [1.29, 1.82) is 0 Å². The van der Waals surface area contributed by atoms with Crippen molar-refractivity contribution in [3.63, 3.8) is 0 Å². The summed E-state index contributed by atoms with van der Waals surface area (Å²) >= 11 is 0. The van der Waals surface area contributed by atoms with Crippen molar-refractivity contribution in [2.45, 2.75) is 13.3 Å². The minimum Gasteiger partial charge on any atom is -0.504 e. The van der Waals surface area contributed by atoms with E-state index in [2.05, 4.69) is 15.5 Å². The Morgan fingerprint density at radius 2 is 2.26 bits per heavy atom. The van der Waals surface area contributed by atoms with Crippen LogP contribution >= 0.6 is 0 Å². The molecule has 1 aromatic carbocycles. The Hall–Kier alpha value is -2.50. The molecule has 0 fully saturated rings. The minimum atomic E-state index is -0.341. The van der Waals surface area contributed by atoms with Crippen LogP contribution in [0.25, 0.3) is 0 Å². The Morgan fingerprint density at radius 1 is 1.47 bits per heavy atom. The van der Waals surface area contributed by atoms with Crippen LogP contribution < -0.4 is 10.1 Å². The van der Waals surface area contributed by atoms with Crippen molar-refractivity contribution in [2.24, 2.45) is 0 Å². The molecule has 1 heterocycles. The van der Waals surface area contributed by atoms with E-state index in [1.54, 1.807) is 12.1 Å². The van der Waals surface area contributed by atoms with Crippen LogP contribution in [0.15, 0.2) is 24.3 Å². The average molecular weight is 261 g/mol. The normalized spacial score (nSPS) is 10.2. The summed E-state index contributed by atoms with van der Waals surface area (Å²) < 4.78 is 4.92. The van der Waals surface area contributed by atoms with E-state index in [1.165, 1.54) is 19.2 Å². The summed E-state index contributed by atoms with van der Waals surface area (Å²) in [7, 11) is 1.45. The van der Waals surface area contributed by atoms with Gasteiger partial charge in [0.25, 0.3) is 5.91 Å². The summed E-state index contributed by atoms with van der Waals surface area (Å²) in [6, 6.07) is 6.22. The number of hydrogen-bond acceptors (Lipinski definition) is 4. The topological polar surface area (TPSA) is 87.2 Å². The zero-order chi connectivity index (χ0) is 13.8. The number of nitrogens with one attached hydrogen (secondary N) is 2. The molecule has 0 radical (unpaired) electrons. The van der Waals surface area contributed by atoms with Gasteiger partial charge in [-0.1, -0.05) is 6.92 Å². The fraction of sp³-hybridized carbons (Fsp3) is 0.231. The molecule has 19 heavy (non-hydrogen) atoms. The lowest BCUT2D eigenvalue weighted by Gasteiger charge is -2.05. The number of aromatic nitrogens is 2. The lowest BCUT2D eigenvalue weighted by atomic mass is 10.2. The number of aryl methyl sites for hydroxylation is 1. The zero-order valence-corrected chi connectivity index (χ0v) is 10.7. The Kier molecular flexibility index (Phi) is 3.70. The monoisotopic (exact) mass is 261 g/mol. The highest BCUT2D eigenvalue weighted by molar-refractivity contribution is 6.04. The Morgan fingerprint density at radius 3 is 2.84 bits per heavy atom. The molecular formula is C13H15N3O3. The number of rotatable bonds is 4. The number of carbonyl (C=O) groups is 1. The zero-order valence-electron chi connectivity index (χ0n) is 10.7. The molecule has 6 heteroatoms. The molecule has 0 saturated heterocycles. The third-order valence-corrected chi connectivity index (χ3v) is 2.69. The number of carbonyl (C=O) groups excluding carboxylic acids is 1. The number of nitrogens with zero attached hydrogens (tertiary/aromatic N) is 1. The maximum atomic E-state index is 11.9. The summed E-state index contributed by atoms with van der Waals surface area (Å²) in [6.07, 6.45) is 0.812. The van der Waals surface area contributed by atoms with Crippen molar-refractivity contribution >= 4 is 11.7 Å². The van der Waals surface area contributed by atoms with Gasteiger partial charge < -0.3 is 15.2 Å². The van der Waals surface area contributed by atoms with Gasteiger partial charge in [0.05, 0.1) is 7.11 Å². The first-order valence-corrected chi connectivity index (χ1v) is 5.86. The number of hydrogen-bond donors (Lipinski definition) is 3. The summed E-state index contributed by atoms with van der Waals surface area (Å²) in [5.74, 6) is 0.361. The molecule has 0 atom stereocenters. The van der Waals surface area contributed by atoms with Crippen molar-refractivity contribution < 1.29 is 14.6 Å². The SMILES string of the molecule is CCc1cc(NC(=O)c2ccc(OC)c(O)c2)n[nH]1. The molecule has 0 bridgehead atoms. The minimum absolute atomic E-state index is 0.0774. The molecule has 6 nitrogen and oxygen atoms in total. The molecule has 0 saturated carbocycles. The van der Waals surface area contributed by atoms with Gasteiger partial charge in [-0.25, -0.2) is 0 Å². The van der Waals surface area contributed by atoms with E-state index in [4.69, 9.17) is 4.74 Å². The van der Waals surface area contributed by atoms with Crippen molar-refractivity contribution in [3.05, 3.63) is 35.5 Å². The summed E-state index contributed by atoms with van der Waals surface area (Å²) in [4.78, 5) is 11.9. The largest absolute Gasteiger partial charge is 0.504 e. The maximum Gasteiger partial charge on any atom is 0.257 e. The van der Waals surface area contributed by atoms with E-state index in [1.807, 2.05) is 6.92 Å². The molecule has 0 spiro atoms. The summed E-state index contributed by atoms with van der Waals surface area (Å²) in [5, 5.41) is 19.0. The highest BCUT2D eigenvalue weighted by atomic mass is 16.5. The van der Waals surface area contributed by atoms with Crippen molar-refractivity contribution in [1.82, 2.24) is 10.2 Å². The molecule has 0 aliphatic carbocycles. The first-order valence-electron chi connectivity index (χ1n) is 5.86. The third-order valence-electron chi connectivity index (χ3n) is 2.69. The van der Waals surface area contributed by atoms with Gasteiger partial charge in [0.2, 0.25) is 0 Å². The smallest absolute Gasteiger partial charge is 0.257 e. The van der Waals surface area contributed by atoms with Gasteiger partial charge in [-0.2, -0.15) is 5.10 Å². The fourth-order valence-electron chi connectivity index (χ4n) is 1.63. The molecule has 0 aliphatic heterocycles. The van der Waals surface area contributed by atoms with E-state index in [-0.39, 0.29) is 11.7 Å². The number of benzene rings is 1. The second-order valence-electron chi connectivity index (χ2n) is 3.97. The number of aromatic hydroxyl groups is 1. The van der Waals surface area contributed by atoms with Crippen LogP contribution in [0.1, 0.15) is 23.0 Å². The number of ether oxygens (including phenoxy) is 1.